The molecule has 0 aromatic rings. The average molecular weight is 1020 g/mol. The molecule has 2 saturated heterocycles. The summed E-state index contributed by atoms with van der Waals surface area (Å²) >= 11 is 0. The molecule has 2 N–H and O–H groups in total. The van der Waals surface area contributed by atoms with Crippen molar-refractivity contribution in [1.29, 1.82) is 0 Å². The molecular formula is C45H88N3O18P2+. The first kappa shape index (κ1) is 63.1. The molecular weight excluding hydrogens is 932 g/mol. The largest absolute Gasteiger partial charge is 0.695 e. The molecule has 13 atom stereocenters. The maximum Gasteiger partial charge on any atom is 0.695 e. The number of hydrogen-bond acceptors (Lipinski definition) is 17. The zero-order valence-electron chi connectivity index (χ0n) is 42.1. The maximum absolute atomic E-state index is 14.2. The lowest BCUT2D eigenvalue weighted by molar-refractivity contribution is -0.217. The quantitative estimate of drug-likeness (QED) is 0.0190. The Morgan fingerprint density at radius 1 is 0.603 bits per heavy atom. The number of hydrogen-bond donors (Lipinski definition) is 2. The summed E-state index contributed by atoms with van der Waals surface area (Å²) in [7, 11) is -7.95. The van der Waals surface area contributed by atoms with Crippen LogP contribution in [0.5, 0.6) is 0 Å². The Morgan fingerprint density at radius 2 is 1.06 bits per heavy atom. The van der Waals surface area contributed by atoms with E-state index in [2.05, 4.69) is 16.9 Å². The van der Waals surface area contributed by atoms with Crippen molar-refractivity contribution in [2.75, 3.05) is 85.8 Å². The van der Waals surface area contributed by atoms with Crippen LogP contribution in [0.4, 0.5) is 0 Å². The molecule has 0 saturated carbocycles. The van der Waals surface area contributed by atoms with Crippen LogP contribution in [0, 0.1) is 0 Å². The topological polar surface area (TPSA) is 253 Å². The summed E-state index contributed by atoms with van der Waals surface area (Å²) in [6.07, 6.45) is 0.815. The van der Waals surface area contributed by atoms with Gasteiger partial charge in [-0.1, -0.05) is 98.5 Å². The lowest BCUT2D eigenvalue weighted by Gasteiger charge is -2.35. The van der Waals surface area contributed by atoms with E-state index in [9.17, 15) is 18.9 Å². The lowest BCUT2D eigenvalue weighted by atomic mass is 10.1. The Kier molecular flexibility index (Phi) is 36.7. The minimum atomic E-state index is -4.93. The molecule has 2 rings (SSSR count). The average Bonchev–Trinajstić information content (AvgIpc) is 3.80. The Balaban J connectivity index is 2.49. The van der Waals surface area contributed by atoms with Gasteiger partial charge in [-0.25, -0.2) is 4.57 Å². The zero-order chi connectivity index (χ0) is 49.8. The minimum Gasteiger partial charge on any atom is -0.379 e. The van der Waals surface area contributed by atoms with E-state index in [0.717, 1.165) is 70.6 Å². The molecule has 23 heteroatoms. The van der Waals surface area contributed by atoms with Gasteiger partial charge in [0, 0.05) is 62.3 Å². The van der Waals surface area contributed by atoms with Gasteiger partial charge in [-0.15, -0.1) is 9.42 Å². The Bertz CT molecular complexity index is 1360. The minimum absolute atomic E-state index is 0.0129. The van der Waals surface area contributed by atoms with Crippen LogP contribution in [0.25, 0.3) is 10.4 Å². The van der Waals surface area contributed by atoms with Crippen molar-refractivity contribution in [3.8, 4) is 0 Å². The predicted octanol–water partition coefficient (Wildman–Crippen LogP) is 8.88. The van der Waals surface area contributed by atoms with Crippen LogP contribution in [-0.2, 0) is 74.8 Å². The zero-order valence-corrected chi connectivity index (χ0v) is 43.9. The second-order valence-electron chi connectivity index (χ2n) is 16.8. The first-order valence-electron chi connectivity index (χ1n) is 25.3. The van der Waals surface area contributed by atoms with Crippen molar-refractivity contribution in [3.63, 3.8) is 0 Å². The number of nitrogens with zero attached hydrogens (tertiary/aromatic N) is 3. The van der Waals surface area contributed by atoms with Crippen molar-refractivity contribution in [2.24, 2.45) is 5.11 Å². The van der Waals surface area contributed by atoms with E-state index in [0.29, 0.717) is 58.9 Å². The molecule has 0 spiro atoms. The number of rotatable bonds is 46. The highest BCUT2D eigenvalue weighted by Gasteiger charge is 2.53. The van der Waals surface area contributed by atoms with E-state index in [4.69, 9.17) is 71.2 Å². The Labute approximate surface area is 407 Å². The molecule has 0 aromatic carbocycles. The van der Waals surface area contributed by atoms with Gasteiger partial charge in [0.25, 0.3) is 0 Å². The van der Waals surface area contributed by atoms with Gasteiger partial charge in [0.2, 0.25) is 0 Å². The predicted molar refractivity (Wildman–Crippen MR) is 253 cm³/mol. The maximum atomic E-state index is 14.2. The first-order valence-corrected chi connectivity index (χ1v) is 27.9. The summed E-state index contributed by atoms with van der Waals surface area (Å²) < 4.78 is 112. The van der Waals surface area contributed by atoms with E-state index < -0.39 is 90.2 Å². The van der Waals surface area contributed by atoms with Crippen molar-refractivity contribution < 1.29 is 84.6 Å². The van der Waals surface area contributed by atoms with E-state index >= 15 is 0 Å². The molecule has 21 nitrogen and oxygen atoms in total. The van der Waals surface area contributed by atoms with Crippen molar-refractivity contribution in [2.45, 2.75) is 206 Å². The highest BCUT2D eigenvalue weighted by molar-refractivity contribution is 7.47. The normalized spacial score (nSPS) is 25.3. The van der Waals surface area contributed by atoms with Crippen LogP contribution < -0.4 is 0 Å². The molecule has 7 unspecified atom stereocenters. The standard InChI is InChI=1S/C45H87N3O18P2/c1-8-15-23-53-31-37-40(65-67(49)50)42(58-28-20-13-6)45(63-37)61-33-35(55-25-17-10-3)39(57-27-19-12-5)36(56-26-18-11-4)34-62-68(51,52)66-41-38(32-54-24-16-9-2)64-44(60-30-22-47-48-46)43(41)59-29-21-14-7/h35-45H,8-34H2,1-7H3,(H-,49,50,51,52)/p+1/t35?,36?,37-,38-,39?,40?,41?,42+,43+,44-,45-/m1/s1. The molecule has 0 radical (unpaired) electrons. The summed E-state index contributed by atoms with van der Waals surface area (Å²) in [6, 6.07) is 0. The van der Waals surface area contributed by atoms with E-state index in [1.54, 1.807) is 0 Å². The Morgan fingerprint density at radius 3 is 1.57 bits per heavy atom. The van der Waals surface area contributed by atoms with Crippen molar-refractivity contribution in [1.82, 2.24) is 0 Å². The third kappa shape index (κ3) is 25.6. The monoisotopic (exact) mass is 1020 g/mol. The van der Waals surface area contributed by atoms with E-state index in [1.165, 1.54) is 0 Å². The summed E-state index contributed by atoms with van der Waals surface area (Å²) in [5.74, 6) is 0. The fraction of sp³-hybridized carbons (Fsp3) is 1.00. The van der Waals surface area contributed by atoms with Crippen LogP contribution in [0.1, 0.15) is 138 Å². The summed E-state index contributed by atoms with van der Waals surface area (Å²) in [4.78, 5) is 24.2. The van der Waals surface area contributed by atoms with Crippen LogP contribution in [0.3, 0.4) is 0 Å². The van der Waals surface area contributed by atoms with Gasteiger partial charge in [0.1, 0.15) is 48.8 Å². The molecule has 0 aromatic heterocycles. The highest BCUT2D eigenvalue weighted by Crippen LogP contribution is 2.48. The number of unbranched alkanes of at least 4 members (excludes halogenated alkanes) is 7. The molecule has 2 aliphatic rings. The number of phosphoric acid groups is 1. The summed E-state index contributed by atoms with van der Waals surface area (Å²) in [5.41, 5.74) is 8.79. The number of ether oxygens (including phenoxy) is 11. The van der Waals surface area contributed by atoms with Gasteiger partial charge < -0.3 is 57.0 Å². The summed E-state index contributed by atoms with van der Waals surface area (Å²) in [6.45, 7) is 16.3. The van der Waals surface area contributed by atoms with Crippen LogP contribution >= 0.6 is 16.1 Å². The number of azide groups is 1. The molecule has 2 heterocycles. The van der Waals surface area contributed by atoms with Crippen LogP contribution in [0.15, 0.2) is 5.11 Å². The smallest absolute Gasteiger partial charge is 0.379 e. The molecule has 400 valence electrons. The van der Waals surface area contributed by atoms with Crippen molar-refractivity contribution in [3.05, 3.63) is 10.4 Å². The third-order valence-electron chi connectivity index (χ3n) is 11.0. The second kappa shape index (κ2) is 39.5. The van der Waals surface area contributed by atoms with Gasteiger partial charge >= 0.3 is 16.1 Å². The van der Waals surface area contributed by atoms with Gasteiger partial charge in [-0.2, -0.15) is 0 Å². The molecule has 0 bridgehead atoms. The molecule has 0 amide bonds. The third-order valence-corrected chi connectivity index (χ3v) is 12.4. The fourth-order valence-corrected chi connectivity index (χ4v) is 8.52. The Hall–Kier alpha value is -1.00. The number of phosphoric ester groups is 1. The van der Waals surface area contributed by atoms with Gasteiger partial charge in [0.05, 0.1) is 33.0 Å². The first-order chi connectivity index (χ1) is 33.0. The van der Waals surface area contributed by atoms with Crippen LogP contribution in [-0.4, -0.2) is 163 Å². The lowest BCUT2D eigenvalue weighted by Crippen LogP contribution is -2.49. The van der Waals surface area contributed by atoms with Gasteiger partial charge in [0.15, 0.2) is 18.7 Å². The summed E-state index contributed by atoms with van der Waals surface area (Å²) in [5, 5.41) is 3.54. The molecule has 2 aliphatic heterocycles. The highest BCUT2D eigenvalue weighted by atomic mass is 31.2. The van der Waals surface area contributed by atoms with Crippen LogP contribution in [0.2, 0.25) is 0 Å². The van der Waals surface area contributed by atoms with Gasteiger partial charge in [-0.05, 0) is 50.5 Å². The van der Waals surface area contributed by atoms with E-state index in [-0.39, 0.29) is 39.6 Å². The van der Waals surface area contributed by atoms with Gasteiger partial charge in [-0.3, -0.25) is 9.05 Å². The molecule has 0 aliphatic carbocycles. The van der Waals surface area contributed by atoms with Crippen molar-refractivity contribution >= 4 is 16.1 Å². The molecule has 2 fully saturated rings. The fourth-order valence-electron chi connectivity index (χ4n) is 7.10. The molecule has 68 heavy (non-hydrogen) atoms. The second-order valence-corrected chi connectivity index (χ2v) is 18.9. The SMILES string of the molecule is CCCCOC[C@H]1O[C@@H](OCC(OCCCC)C(OCCCC)C(COP(=O)(O)OC2[C@@H](COCCCC)O[C@@H](OCCN=[N+]=[N-])[C@H]2OCCCC)OCCCC)[C@@H](OCCCC)C1O[P+](=O)O. The van der Waals surface area contributed by atoms with E-state index in [1.807, 2.05) is 41.5 Å².